The van der Waals surface area contributed by atoms with Crippen LogP contribution in [-0.4, -0.2) is 34.0 Å². The summed E-state index contributed by atoms with van der Waals surface area (Å²) in [5.41, 5.74) is 2.45. The Morgan fingerprint density at radius 1 is 1.02 bits per heavy atom. The van der Waals surface area contributed by atoms with Crippen LogP contribution in [0.1, 0.15) is 55.8 Å². The average Bonchev–Trinajstić information content (AvgIpc) is 3.39. The van der Waals surface area contributed by atoms with Gasteiger partial charge >= 0.3 is 6.03 Å². The number of hydrogen-bond acceptors (Lipinski definition) is 4. The molecule has 40 heavy (non-hydrogen) atoms. The molecule has 8 heteroatoms. The van der Waals surface area contributed by atoms with E-state index in [0.29, 0.717) is 24.2 Å². The summed E-state index contributed by atoms with van der Waals surface area (Å²) in [6.45, 7) is 2.21. The lowest BCUT2D eigenvalue weighted by Gasteiger charge is -2.38. The number of benzene rings is 2. The van der Waals surface area contributed by atoms with Crippen molar-refractivity contribution in [1.29, 1.82) is 5.26 Å². The second kappa shape index (κ2) is 11.6. The lowest BCUT2D eigenvalue weighted by atomic mass is 9.71. The molecule has 1 fully saturated rings. The van der Waals surface area contributed by atoms with Gasteiger partial charge in [-0.2, -0.15) is 5.26 Å². The summed E-state index contributed by atoms with van der Waals surface area (Å²) in [7, 11) is 0. The maximum absolute atomic E-state index is 14.0. The number of anilines is 1. The molecule has 4 aromatic rings. The van der Waals surface area contributed by atoms with Crippen molar-refractivity contribution in [2.24, 2.45) is 0 Å². The Balaban J connectivity index is 1.39. The van der Waals surface area contributed by atoms with Crippen molar-refractivity contribution in [2.45, 2.75) is 56.4 Å². The molecule has 4 N–H and O–H groups in total. The fourth-order valence-electron chi connectivity index (χ4n) is 5.75. The molecule has 1 unspecified atom stereocenters. The van der Waals surface area contributed by atoms with E-state index in [1.807, 2.05) is 54.9 Å². The van der Waals surface area contributed by atoms with Crippen LogP contribution in [0, 0.1) is 11.3 Å². The molecule has 2 aromatic heterocycles. The van der Waals surface area contributed by atoms with E-state index in [1.54, 1.807) is 31.2 Å². The molecule has 2 heterocycles. The molecule has 2 aromatic carbocycles. The molecular formula is C32H34N6O2. The Morgan fingerprint density at radius 2 is 1.77 bits per heavy atom. The molecule has 0 bridgehead atoms. The van der Waals surface area contributed by atoms with E-state index < -0.39 is 11.6 Å². The number of nitrogens with one attached hydrogen (secondary N) is 4. The minimum Gasteiger partial charge on any atom is -0.361 e. The Morgan fingerprint density at radius 3 is 2.50 bits per heavy atom. The van der Waals surface area contributed by atoms with Gasteiger partial charge in [-0.25, -0.2) is 4.79 Å². The standard InChI is InChI=1S/C32H34N6O2/c1-31(19-24-21-35-27-10-4-3-9-26(24)27,38-30(40)37-25-14-12-23(20-33)13-15-25)29(39)36-22-32(16-6-2-7-17-32)28-11-5-8-18-34-28/h3-5,8-15,18,21,35H,2,6-7,16-17,19,22H2,1H3,(H,36,39)(H2,37,38,40). The van der Waals surface area contributed by atoms with Gasteiger partial charge in [-0.1, -0.05) is 43.5 Å². The normalized spacial score (nSPS) is 15.9. The predicted molar refractivity (Wildman–Crippen MR) is 156 cm³/mol. The number of carbonyl (C=O) groups excluding carboxylic acids is 2. The van der Waals surface area contributed by atoms with E-state index in [2.05, 4.69) is 32.0 Å². The Kier molecular flexibility index (Phi) is 7.83. The SMILES string of the molecule is CC(Cc1c[nH]c2ccccc12)(NC(=O)Nc1ccc(C#N)cc1)C(=O)NCC1(c2ccccn2)CCCCC1. The number of carbonyl (C=O) groups is 2. The maximum Gasteiger partial charge on any atom is 0.320 e. The third kappa shape index (κ3) is 5.84. The number of H-pyrrole nitrogens is 1. The zero-order valence-electron chi connectivity index (χ0n) is 22.7. The molecule has 1 atom stereocenters. The fraction of sp³-hybridized carbons (Fsp3) is 0.312. The van der Waals surface area contributed by atoms with Gasteiger partial charge < -0.3 is 20.9 Å². The number of amides is 3. The number of aromatic amines is 1. The molecule has 0 spiro atoms. The molecule has 204 valence electrons. The highest BCUT2D eigenvalue weighted by Gasteiger charge is 2.40. The van der Waals surface area contributed by atoms with Crippen LogP contribution >= 0.6 is 0 Å². The van der Waals surface area contributed by atoms with Crippen molar-refractivity contribution < 1.29 is 9.59 Å². The van der Waals surface area contributed by atoms with Crippen LogP contribution in [0.4, 0.5) is 10.5 Å². The first-order valence-electron chi connectivity index (χ1n) is 13.7. The highest BCUT2D eigenvalue weighted by molar-refractivity contribution is 5.96. The Hall–Kier alpha value is -4.64. The van der Waals surface area contributed by atoms with Crippen LogP contribution in [0.2, 0.25) is 0 Å². The van der Waals surface area contributed by atoms with E-state index in [9.17, 15) is 9.59 Å². The summed E-state index contributed by atoms with van der Waals surface area (Å²) >= 11 is 0. The van der Waals surface area contributed by atoms with E-state index in [4.69, 9.17) is 5.26 Å². The van der Waals surface area contributed by atoms with Gasteiger partial charge in [0.1, 0.15) is 5.54 Å². The molecule has 1 saturated carbocycles. The van der Waals surface area contributed by atoms with Crippen LogP contribution < -0.4 is 16.0 Å². The Labute approximate surface area is 234 Å². The molecule has 0 aliphatic heterocycles. The number of para-hydroxylation sites is 1. The quantitative estimate of drug-likeness (QED) is 0.236. The van der Waals surface area contributed by atoms with Crippen LogP contribution in [-0.2, 0) is 16.6 Å². The summed E-state index contributed by atoms with van der Waals surface area (Å²) < 4.78 is 0. The summed E-state index contributed by atoms with van der Waals surface area (Å²) in [6.07, 6.45) is 9.26. The molecule has 5 rings (SSSR count). The van der Waals surface area contributed by atoms with Gasteiger partial charge in [0, 0.05) is 53.1 Å². The van der Waals surface area contributed by atoms with E-state index >= 15 is 0 Å². The first-order valence-corrected chi connectivity index (χ1v) is 13.7. The van der Waals surface area contributed by atoms with Crippen molar-refractivity contribution in [3.8, 4) is 6.07 Å². The number of urea groups is 1. The second-order valence-corrected chi connectivity index (χ2v) is 10.9. The molecule has 8 nitrogen and oxygen atoms in total. The third-order valence-electron chi connectivity index (χ3n) is 7.99. The lowest BCUT2D eigenvalue weighted by Crippen LogP contribution is -2.60. The van der Waals surface area contributed by atoms with Gasteiger partial charge in [-0.3, -0.25) is 9.78 Å². The minimum absolute atomic E-state index is 0.235. The Bertz CT molecular complexity index is 1520. The van der Waals surface area contributed by atoms with Crippen LogP contribution in [0.5, 0.6) is 0 Å². The largest absolute Gasteiger partial charge is 0.361 e. The van der Waals surface area contributed by atoms with Crippen LogP contribution in [0.25, 0.3) is 10.9 Å². The van der Waals surface area contributed by atoms with Gasteiger partial charge in [0.2, 0.25) is 5.91 Å². The smallest absolute Gasteiger partial charge is 0.320 e. The molecule has 1 aliphatic carbocycles. The monoisotopic (exact) mass is 534 g/mol. The topological polar surface area (TPSA) is 123 Å². The maximum atomic E-state index is 14.0. The summed E-state index contributed by atoms with van der Waals surface area (Å²) in [6, 6.07) is 22.0. The predicted octanol–water partition coefficient (Wildman–Crippen LogP) is 5.58. The second-order valence-electron chi connectivity index (χ2n) is 10.9. The number of fused-ring (bicyclic) bond motifs is 1. The van der Waals surface area contributed by atoms with Crippen molar-refractivity contribution in [2.75, 3.05) is 11.9 Å². The number of nitrogens with zero attached hydrogens (tertiary/aromatic N) is 2. The average molecular weight is 535 g/mol. The van der Waals surface area contributed by atoms with Crippen molar-refractivity contribution in [3.63, 3.8) is 0 Å². The highest BCUT2D eigenvalue weighted by Crippen LogP contribution is 2.38. The van der Waals surface area contributed by atoms with Crippen molar-refractivity contribution >= 4 is 28.5 Å². The van der Waals surface area contributed by atoms with Gasteiger partial charge in [0.05, 0.1) is 11.6 Å². The van der Waals surface area contributed by atoms with E-state index in [0.717, 1.165) is 47.8 Å². The van der Waals surface area contributed by atoms with E-state index in [-0.39, 0.29) is 11.3 Å². The lowest BCUT2D eigenvalue weighted by molar-refractivity contribution is -0.127. The van der Waals surface area contributed by atoms with Gasteiger partial charge in [0.25, 0.3) is 0 Å². The molecular weight excluding hydrogens is 500 g/mol. The number of nitriles is 1. The molecule has 0 saturated heterocycles. The van der Waals surface area contributed by atoms with Crippen molar-refractivity contribution in [1.82, 2.24) is 20.6 Å². The van der Waals surface area contributed by atoms with E-state index in [1.165, 1.54) is 6.42 Å². The van der Waals surface area contributed by atoms with Crippen molar-refractivity contribution in [3.05, 3.63) is 95.9 Å². The number of pyridine rings is 1. The molecule has 1 aliphatic rings. The number of aromatic nitrogens is 2. The summed E-state index contributed by atoms with van der Waals surface area (Å²) in [5.74, 6) is -0.256. The highest BCUT2D eigenvalue weighted by atomic mass is 16.2. The zero-order chi connectivity index (χ0) is 28.0. The minimum atomic E-state index is -1.25. The fourth-order valence-corrected chi connectivity index (χ4v) is 5.75. The van der Waals surface area contributed by atoms with Crippen LogP contribution in [0.3, 0.4) is 0 Å². The third-order valence-corrected chi connectivity index (χ3v) is 7.99. The van der Waals surface area contributed by atoms with Gasteiger partial charge in [-0.05, 0) is 67.8 Å². The first kappa shape index (κ1) is 26.9. The van der Waals surface area contributed by atoms with Gasteiger partial charge in [-0.15, -0.1) is 0 Å². The van der Waals surface area contributed by atoms with Gasteiger partial charge in [0.15, 0.2) is 0 Å². The molecule has 3 amide bonds. The number of rotatable bonds is 8. The summed E-state index contributed by atoms with van der Waals surface area (Å²) in [4.78, 5) is 35.1. The number of hydrogen-bond donors (Lipinski definition) is 4. The van der Waals surface area contributed by atoms with Crippen LogP contribution in [0.15, 0.2) is 79.1 Å². The summed E-state index contributed by atoms with van der Waals surface area (Å²) in [5, 5.41) is 19.0. The first-order chi connectivity index (χ1) is 19.4. The zero-order valence-corrected chi connectivity index (χ0v) is 22.7. The molecule has 0 radical (unpaired) electrons.